The highest BCUT2D eigenvalue weighted by molar-refractivity contribution is 5.80. The van der Waals surface area contributed by atoms with Gasteiger partial charge in [-0.2, -0.15) is 0 Å². The highest BCUT2D eigenvalue weighted by Crippen LogP contribution is 2.17. The molecule has 7 nitrogen and oxygen atoms in total. The molecule has 0 saturated heterocycles. The summed E-state index contributed by atoms with van der Waals surface area (Å²) in [5.41, 5.74) is 1.78. The normalized spacial score (nSPS) is 12.5. The Hall–Kier alpha value is -3.48. The SMILES string of the molecule is CC(C)CCn1c(=O)c2ccccc2n2c(CCC(=O)N[C@H](C)c3ccccc3)nnc12. The number of carbonyl (C=O) groups is 1. The molecule has 4 rings (SSSR count). The lowest BCUT2D eigenvalue weighted by atomic mass is 10.1. The van der Waals surface area contributed by atoms with E-state index in [1.807, 2.05) is 65.9 Å². The monoisotopic (exact) mass is 431 g/mol. The van der Waals surface area contributed by atoms with E-state index in [4.69, 9.17) is 0 Å². The Kier molecular flexibility index (Phi) is 6.35. The molecule has 7 heteroatoms. The van der Waals surface area contributed by atoms with Crippen molar-refractivity contribution in [3.05, 3.63) is 76.3 Å². The van der Waals surface area contributed by atoms with Crippen LogP contribution in [0.1, 0.15) is 51.0 Å². The van der Waals surface area contributed by atoms with Gasteiger partial charge in [0, 0.05) is 19.4 Å². The first-order valence-corrected chi connectivity index (χ1v) is 11.2. The summed E-state index contributed by atoms with van der Waals surface area (Å²) in [5.74, 6) is 1.63. The van der Waals surface area contributed by atoms with Crippen LogP contribution < -0.4 is 10.9 Å². The zero-order valence-corrected chi connectivity index (χ0v) is 18.8. The largest absolute Gasteiger partial charge is 0.350 e. The molecule has 1 N–H and O–H groups in total. The first-order valence-electron chi connectivity index (χ1n) is 11.2. The van der Waals surface area contributed by atoms with Gasteiger partial charge in [0.05, 0.1) is 16.9 Å². The van der Waals surface area contributed by atoms with Crippen LogP contribution in [0, 0.1) is 5.92 Å². The number of nitrogens with zero attached hydrogens (tertiary/aromatic N) is 4. The Bertz CT molecular complexity index is 1290. The van der Waals surface area contributed by atoms with Crippen LogP contribution in [-0.4, -0.2) is 25.1 Å². The molecule has 1 atom stereocenters. The van der Waals surface area contributed by atoms with Crippen molar-refractivity contribution in [2.45, 2.75) is 52.6 Å². The standard InChI is InChI=1S/C25H29N5O2/c1-17(2)15-16-29-24(32)20-11-7-8-12-21(20)30-22(27-28-25(29)30)13-14-23(31)26-18(3)19-9-5-4-6-10-19/h4-12,17-18H,13-16H2,1-3H3,(H,26,31)/t18-/m1/s1. The van der Waals surface area contributed by atoms with Crippen molar-refractivity contribution in [1.82, 2.24) is 24.5 Å². The van der Waals surface area contributed by atoms with Crippen molar-refractivity contribution in [2.24, 2.45) is 5.92 Å². The summed E-state index contributed by atoms with van der Waals surface area (Å²) in [7, 11) is 0. The Morgan fingerprint density at radius 2 is 1.72 bits per heavy atom. The van der Waals surface area contributed by atoms with E-state index in [0.717, 1.165) is 17.5 Å². The minimum atomic E-state index is -0.0686. The topological polar surface area (TPSA) is 81.3 Å². The maximum atomic E-state index is 13.1. The molecule has 32 heavy (non-hydrogen) atoms. The average Bonchev–Trinajstić information content (AvgIpc) is 3.22. The second-order valence-electron chi connectivity index (χ2n) is 8.61. The predicted molar refractivity (Wildman–Crippen MR) is 126 cm³/mol. The number of rotatable bonds is 8. The third-order valence-corrected chi connectivity index (χ3v) is 5.76. The van der Waals surface area contributed by atoms with Crippen LogP contribution in [0.2, 0.25) is 0 Å². The highest BCUT2D eigenvalue weighted by atomic mass is 16.1. The molecule has 0 saturated carbocycles. The van der Waals surface area contributed by atoms with Crippen LogP contribution in [0.15, 0.2) is 59.4 Å². The van der Waals surface area contributed by atoms with Crippen LogP contribution in [-0.2, 0) is 17.8 Å². The second-order valence-corrected chi connectivity index (χ2v) is 8.61. The van der Waals surface area contributed by atoms with Crippen LogP contribution >= 0.6 is 0 Å². The zero-order chi connectivity index (χ0) is 22.7. The van der Waals surface area contributed by atoms with Gasteiger partial charge in [-0.1, -0.05) is 56.3 Å². The summed E-state index contributed by atoms with van der Waals surface area (Å²) in [6.45, 7) is 6.82. The van der Waals surface area contributed by atoms with Gasteiger partial charge in [0.25, 0.3) is 5.56 Å². The summed E-state index contributed by atoms with van der Waals surface area (Å²) in [6, 6.07) is 17.3. The van der Waals surface area contributed by atoms with Gasteiger partial charge in [0.2, 0.25) is 11.7 Å². The number of hydrogen-bond acceptors (Lipinski definition) is 4. The molecule has 2 heterocycles. The maximum absolute atomic E-state index is 13.1. The maximum Gasteiger partial charge on any atom is 0.262 e. The number of aryl methyl sites for hydroxylation is 2. The lowest BCUT2D eigenvalue weighted by Gasteiger charge is -2.14. The van der Waals surface area contributed by atoms with E-state index in [-0.39, 0.29) is 23.9 Å². The molecule has 0 unspecified atom stereocenters. The quantitative estimate of drug-likeness (QED) is 0.459. The number of aromatic nitrogens is 4. The molecular weight excluding hydrogens is 402 g/mol. The van der Waals surface area contributed by atoms with Crippen LogP contribution in [0.4, 0.5) is 0 Å². The number of amides is 1. The van der Waals surface area contributed by atoms with Gasteiger partial charge < -0.3 is 5.32 Å². The molecule has 0 radical (unpaired) electrons. The molecule has 0 aliphatic rings. The van der Waals surface area contributed by atoms with Crippen LogP contribution in [0.5, 0.6) is 0 Å². The third-order valence-electron chi connectivity index (χ3n) is 5.76. The van der Waals surface area contributed by atoms with Crippen molar-refractivity contribution in [2.75, 3.05) is 0 Å². The highest BCUT2D eigenvalue weighted by Gasteiger charge is 2.18. The fourth-order valence-electron chi connectivity index (χ4n) is 3.93. The van der Waals surface area contributed by atoms with E-state index >= 15 is 0 Å². The van der Waals surface area contributed by atoms with Gasteiger partial charge in [0.15, 0.2) is 0 Å². The van der Waals surface area contributed by atoms with Crippen molar-refractivity contribution in [3.8, 4) is 0 Å². The van der Waals surface area contributed by atoms with Crippen LogP contribution in [0.25, 0.3) is 16.7 Å². The number of benzene rings is 2. The summed E-state index contributed by atoms with van der Waals surface area (Å²) in [5, 5.41) is 12.4. The smallest absolute Gasteiger partial charge is 0.262 e. The number of carbonyl (C=O) groups excluding carboxylic acids is 1. The van der Waals surface area contributed by atoms with E-state index in [2.05, 4.69) is 29.4 Å². The lowest BCUT2D eigenvalue weighted by molar-refractivity contribution is -0.121. The van der Waals surface area contributed by atoms with Gasteiger partial charge in [-0.05, 0) is 37.0 Å². The second kappa shape index (κ2) is 9.34. The van der Waals surface area contributed by atoms with Gasteiger partial charge >= 0.3 is 0 Å². The van der Waals surface area contributed by atoms with Crippen molar-refractivity contribution >= 4 is 22.6 Å². The Balaban J connectivity index is 1.61. The molecule has 0 fully saturated rings. The molecule has 1 amide bonds. The van der Waals surface area contributed by atoms with E-state index in [1.54, 1.807) is 4.57 Å². The fourth-order valence-corrected chi connectivity index (χ4v) is 3.93. The van der Waals surface area contributed by atoms with E-state index < -0.39 is 0 Å². The molecule has 0 bridgehead atoms. The Morgan fingerprint density at radius 1 is 1.00 bits per heavy atom. The van der Waals surface area contributed by atoms with Crippen LogP contribution in [0.3, 0.4) is 0 Å². The Labute approximate surface area is 187 Å². The average molecular weight is 432 g/mol. The Morgan fingerprint density at radius 3 is 2.47 bits per heavy atom. The summed E-state index contributed by atoms with van der Waals surface area (Å²) >= 11 is 0. The van der Waals surface area contributed by atoms with Crippen molar-refractivity contribution < 1.29 is 4.79 Å². The van der Waals surface area contributed by atoms with E-state index in [9.17, 15) is 9.59 Å². The van der Waals surface area contributed by atoms with Gasteiger partial charge in [-0.25, -0.2) is 0 Å². The molecule has 0 aliphatic heterocycles. The molecule has 4 aromatic rings. The van der Waals surface area contributed by atoms with Crippen molar-refractivity contribution in [3.63, 3.8) is 0 Å². The molecular formula is C25H29N5O2. The molecule has 2 aromatic heterocycles. The minimum Gasteiger partial charge on any atom is -0.350 e. The zero-order valence-electron chi connectivity index (χ0n) is 18.8. The van der Waals surface area contributed by atoms with Gasteiger partial charge in [-0.3, -0.25) is 18.6 Å². The number of para-hydroxylation sites is 1. The van der Waals surface area contributed by atoms with Gasteiger partial charge in [-0.15, -0.1) is 10.2 Å². The summed E-state index contributed by atoms with van der Waals surface area (Å²) in [6.07, 6.45) is 1.59. The number of fused-ring (bicyclic) bond motifs is 3. The van der Waals surface area contributed by atoms with E-state index in [1.165, 1.54) is 0 Å². The van der Waals surface area contributed by atoms with Crippen molar-refractivity contribution in [1.29, 1.82) is 0 Å². The molecule has 166 valence electrons. The number of hydrogen-bond donors (Lipinski definition) is 1. The minimum absolute atomic E-state index is 0.0458. The van der Waals surface area contributed by atoms with E-state index in [0.29, 0.717) is 35.9 Å². The molecule has 0 aliphatic carbocycles. The first kappa shape index (κ1) is 21.7. The van der Waals surface area contributed by atoms with Gasteiger partial charge in [0.1, 0.15) is 5.82 Å². The predicted octanol–water partition coefficient (Wildman–Crippen LogP) is 3.90. The summed E-state index contributed by atoms with van der Waals surface area (Å²) in [4.78, 5) is 25.7. The first-order chi connectivity index (χ1) is 15.5. The fraction of sp³-hybridized carbons (Fsp3) is 0.360. The molecule has 2 aromatic carbocycles. The number of nitrogens with one attached hydrogen (secondary N) is 1. The summed E-state index contributed by atoms with van der Waals surface area (Å²) < 4.78 is 3.63. The third kappa shape index (κ3) is 4.42. The lowest BCUT2D eigenvalue weighted by Crippen LogP contribution is -2.27. The molecule has 0 spiro atoms.